The maximum Gasteiger partial charge on any atom is 0.416 e. The minimum atomic E-state index is -4.34. The first-order valence-electron chi connectivity index (χ1n) is 8.87. The van der Waals surface area contributed by atoms with Crippen LogP contribution in [0.5, 0.6) is 0 Å². The van der Waals surface area contributed by atoms with E-state index >= 15 is 0 Å². The molecular formula is C21H22ClF3N2. The van der Waals surface area contributed by atoms with Crippen molar-refractivity contribution in [2.75, 3.05) is 18.8 Å². The van der Waals surface area contributed by atoms with E-state index in [2.05, 4.69) is 5.32 Å². The van der Waals surface area contributed by atoms with Gasteiger partial charge in [0.1, 0.15) is 0 Å². The van der Waals surface area contributed by atoms with E-state index in [1.165, 1.54) is 6.07 Å². The van der Waals surface area contributed by atoms with Crippen LogP contribution in [0.25, 0.3) is 6.08 Å². The van der Waals surface area contributed by atoms with Crippen molar-refractivity contribution in [1.29, 1.82) is 0 Å². The number of rotatable bonds is 4. The molecule has 1 saturated heterocycles. The van der Waals surface area contributed by atoms with Crippen molar-refractivity contribution in [3.8, 4) is 0 Å². The van der Waals surface area contributed by atoms with Gasteiger partial charge in [-0.3, -0.25) is 0 Å². The van der Waals surface area contributed by atoms with Gasteiger partial charge >= 0.3 is 6.18 Å². The number of nitrogen functional groups attached to an aromatic ring is 1. The van der Waals surface area contributed by atoms with Gasteiger partial charge in [-0.1, -0.05) is 35.4 Å². The van der Waals surface area contributed by atoms with Gasteiger partial charge in [0.25, 0.3) is 0 Å². The molecule has 1 heterocycles. The predicted octanol–water partition coefficient (Wildman–Crippen LogP) is 5.49. The molecule has 0 radical (unpaired) electrons. The van der Waals surface area contributed by atoms with Crippen molar-refractivity contribution in [3.63, 3.8) is 0 Å². The summed E-state index contributed by atoms with van der Waals surface area (Å²) in [4.78, 5) is 0. The topological polar surface area (TPSA) is 38.0 Å². The molecule has 0 amide bonds. The molecule has 0 aliphatic carbocycles. The maximum absolute atomic E-state index is 13.1. The normalized spacial score (nSPS) is 18.1. The first-order valence-corrected chi connectivity index (χ1v) is 9.25. The highest BCUT2D eigenvalue weighted by molar-refractivity contribution is 6.33. The molecule has 1 aliphatic rings. The molecule has 2 nitrogen and oxygen atoms in total. The second-order valence-corrected chi connectivity index (χ2v) is 7.41. The van der Waals surface area contributed by atoms with Gasteiger partial charge in [0.15, 0.2) is 0 Å². The van der Waals surface area contributed by atoms with Gasteiger partial charge in [-0.05, 0) is 73.2 Å². The van der Waals surface area contributed by atoms with Crippen molar-refractivity contribution in [3.05, 3.63) is 69.2 Å². The summed E-state index contributed by atoms with van der Waals surface area (Å²) in [5.41, 5.74) is 9.23. The van der Waals surface area contributed by atoms with Gasteiger partial charge < -0.3 is 11.1 Å². The molecule has 27 heavy (non-hydrogen) atoms. The average Bonchev–Trinajstić information content (AvgIpc) is 3.13. The van der Waals surface area contributed by atoms with Crippen molar-refractivity contribution < 1.29 is 13.2 Å². The van der Waals surface area contributed by atoms with E-state index in [-0.39, 0.29) is 5.92 Å². The molecule has 1 aliphatic heterocycles. The van der Waals surface area contributed by atoms with Gasteiger partial charge in [-0.2, -0.15) is 13.2 Å². The molecular weight excluding hydrogens is 373 g/mol. The van der Waals surface area contributed by atoms with Gasteiger partial charge in [0.2, 0.25) is 0 Å². The lowest BCUT2D eigenvalue weighted by molar-refractivity contribution is -0.137. The molecule has 2 aromatic carbocycles. The molecule has 0 saturated carbocycles. The fourth-order valence-electron chi connectivity index (χ4n) is 3.39. The first-order chi connectivity index (χ1) is 12.7. The Balaban J connectivity index is 1.97. The number of hydrogen-bond acceptors (Lipinski definition) is 2. The van der Waals surface area contributed by atoms with E-state index in [4.69, 9.17) is 17.3 Å². The van der Waals surface area contributed by atoms with E-state index in [9.17, 15) is 13.2 Å². The molecule has 1 fully saturated rings. The van der Waals surface area contributed by atoms with Crippen LogP contribution in [0, 0.1) is 12.8 Å². The van der Waals surface area contributed by atoms with Crippen LogP contribution in [0.1, 0.15) is 28.7 Å². The molecule has 0 aromatic heterocycles. The third-order valence-electron chi connectivity index (χ3n) is 5.03. The van der Waals surface area contributed by atoms with Gasteiger partial charge in [0.05, 0.1) is 16.3 Å². The fourth-order valence-corrected chi connectivity index (χ4v) is 3.58. The van der Waals surface area contributed by atoms with Crippen molar-refractivity contribution >= 4 is 23.4 Å². The van der Waals surface area contributed by atoms with Gasteiger partial charge in [0, 0.05) is 6.54 Å². The Morgan fingerprint density at radius 3 is 2.67 bits per heavy atom. The summed E-state index contributed by atoms with van der Waals surface area (Å²) < 4.78 is 39.3. The van der Waals surface area contributed by atoms with E-state index in [0.717, 1.165) is 42.3 Å². The second-order valence-electron chi connectivity index (χ2n) is 7.01. The maximum atomic E-state index is 13.1. The number of nitrogens with one attached hydrogen (secondary N) is 1. The van der Waals surface area contributed by atoms with Crippen LogP contribution in [-0.4, -0.2) is 13.1 Å². The lowest BCUT2D eigenvalue weighted by Gasteiger charge is -2.18. The highest BCUT2D eigenvalue weighted by Crippen LogP contribution is 2.33. The molecule has 144 valence electrons. The number of aryl methyl sites for hydroxylation is 1. The first kappa shape index (κ1) is 19.8. The van der Waals surface area contributed by atoms with E-state index in [1.54, 1.807) is 18.2 Å². The Kier molecular flexibility index (Phi) is 5.82. The predicted molar refractivity (Wildman–Crippen MR) is 105 cm³/mol. The highest BCUT2D eigenvalue weighted by atomic mass is 35.5. The lowest BCUT2D eigenvalue weighted by Crippen LogP contribution is -2.13. The SMILES string of the molecule is Cc1ccc(C(F)(F)F)cc1C/C(=C\c1ccc(N)c(Cl)c1)C1CCNC1. The number of hydrogen-bond donors (Lipinski definition) is 2. The molecule has 2 aromatic rings. The smallest absolute Gasteiger partial charge is 0.398 e. The van der Waals surface area contributed by atoms with Crippen LogP contribution in [0.15, 0.2) is 42.0 Å². The summed E-state index contributed by atoms with van der Waals surface area (Å²) in [6.07, 6.45) is -0.870. The number of alkyl halides is 3. The standard InChI is InChI=1S/C21H22ClF3N2/c1-13-2-4-18(21(23,24)25)11-16(13)10-17(15-6-7-27-12-15)8-14-3-5-20(26)19(22)9-14/h2-5,8-9,11,15,27H,6-7,10,12,26H2,1H3/b17-8+. The van der Waals surface area contributed by atoms with Crippen LogP contribution < -0.4 is 11.1 Å². The van der Waals surface area contributed by atoms with Crippen molar-refractivity contribution in [2.45, 2.75) is 25.9 Å². The minimum Gasteiger partial charge on any atom is -0.398 e. The van der Waals surface area contributed by atoms with Crippen LogP contribution in [-0.2, 0) is 12.6 Å². The fraction of sp³-hybridized carbons (Fsp3) is 0.333. The summed E-state index contributed by atoms with van der Waals surface area (Å²) in [6, 6.07) is 9.36. The lowest BCUT2D eigenvalue weighted by atomic mass is 9.88. The highest BCUT2D eigenvalue weighted by Gasteiger charge is 2.31. The monoisotopic (exact) mass is 394 g/mol. The zero-order valence-corrected chi connectivity index (χ0v) is 15.8. The number of anilines is 1. The summed E-state index contributed by atoms with van der Waals surface area (Å²) >= 11 is 6.12. The molecule has 3 rings (SSSR count). The molecule has 1 atom stereocenters. The quantitative estimate of drug-likeness (QED) is 0.673. The van der Waals surface area contributed by atoms with Crippen LogP contribution in [0.4, 0.5) is 18.9 Å². The summed E-state index contributed by atoms with van der Waals surface area (Å²) in [5, 5.41) is 3.80. The number of nitrogens with two attached hydrogens (primary N) is 1. The minimum absolute atomic E-state index is 0.287. The Morgan fingerprint density at radius 2 is 2.04 bits per heavy atom. The largest absolute Gasteiger partial charge is 0.416 e. The summed E-state index contributed by atoms with van der Waals surface area (Å²) in [7, 11) is 0. The zero-order valence-electron chi connectivity index (χ0n) is 15.0. The summed E-state index contributed by atoms with van der Waals surface area (Å²) in [5.74, 6) is 0.287. The Bertz CT molecular complexity index is 853. The third-order valence-corrected chi connectivity index (χ3v) is 5.36. The second kappa shape index (κ2) is 7.95. The molecule has 3 N–H and O–H groups in total. The van der Waals surface area contributed by atoms with Gasteiger partial charge in [-0.25, -0.2) is 0 Å². The average molecular weight is 395 g/mol. The van der Waals surface area contributed by atoms with Crippen molar-refractivity contribution in [1.82, 2.24) is 5.32 Å². The Hall–Kier alpha value is -1.98. The molecule has 0 spiro atoms. The van der Waals surface area contributed by atoms with E-state index in [1.807, 2.05) is 19.1 Å². The third kappa shape index (κ3) is 4.85. The van der Waals surface area contributed by atoms with E-state index < -0.39 is 11.7 Å². The molecule has 0 bridgehead atoms. The van der Waals surface area contributed by atoms with Crippen LogP contribution in [0.3, 0.4) is 0 Å². The zero-order chi connectivity index (χ0) is 19.6. The molecule has 1 unspecified atom stereocenters. The molecule has 6 heteroatoms. The number of benzene rings is 2. The van der Waals surface area contributed by atoms with Crippen LogP contribution >= 0.6 is 11.6 Å². The van der Waals surface area contributed by atoms with Gasteiger partial charge in [-0.15, -0.1) is 0 Å². The Labute approximate surface area is 162 Å². The Morgan fingerprint density at radius 1 is 1.26 bits per heavy atom. The number of halogens is 4. The van der Waals surface area contributed by atoms with E-state index in [0.29, 0.717) is 22.7 Å². The summed E-state index contributed by atoms with van der Waals surface area (Å²) in [6.45, 7) is 3.58. The van der Waals surface area contributed by atoms with Crippen LogP contribution in [0.2, 0.25) is 5.02 Å². The van der Waals surface area contributed by atoms with Crippen molar-refractivity contribution in [2.24, 2.45) is 5.92 Å².